The molecule has 0 spiro atoms. The van der Waals surface area contributed by atoms with Crippen LogP contribution in [0.15, 0.2) is 36.4 Å². The average Bonchev–Trinajstić information content (AvgIpc) is 2.67. The van der Waals surface area contributed by atoms with E-state index in [2.05, 4.69) is 17.6 Å². The van der Waals surface area contributed by atoms with Crippen molar-refractivity contribution in [2.45, 2.75) is 33.1 Å². The number of ether oxygens (including phenoxy) is 1. The summed E-state index contributed by atoms with van der Waals surface area (Å²) >= 11 is 6.10. The molecule has 0 fully saturated rings. The molecule has 0 bridgehead atoms. The molecule has 27 heavy (non-hydrogen) atoms. The van der Waals surface area contributed by atoms with Gasteiger partial charge in [0.15, 0.2) is 0 Å². The van der Waals surface area contributed by atoms with E-state index in [0.717, 1.165) is 24.8 Å². The summed E-state index contributed by atoms with van der Waals surface area (Å²) in [7, 11) is 1.51. The van der Waals surface area contributed by atoms with Gasteiger partial charge in [0, 0.05) is 28.8 Å². The molecule has 2 aromatic rings. The van der Waals surface area contributed by atoms with Gasteiger partial charge in [0.05, 0.1) is 12.8 Å². The van der Waals surface area contributed by atoms with Crippen molar-refractivity contribution in [1.82, 2.24) is 5.32 Å². The molecule has 144 valence electrons. The summed E-state index contributed by atoms with van der Waals surface area (Å²) in [6.07, 6.45) is 3.11. The van der Waals surface area contributed by atoms with Gasteiger partial charge in [0.25, 0.3) is 11.8 Å². The van der Waals surface area contributed by atoms with Crippen LogP contribution in [0.25, 0.3) is 0 Å². The van der Waals surface area contributed by atoms with E-state index in [4.69, 9.17) is 16.3 Å². The number of halogens is 1. The zero-order valence-corrected chi connectivity index (χ0v) is 16.7. The second-order valence-electron chi connectivity index (χ2n) is 6.30. The van der Waals surface area contributed by atoms with Crippen molar-refractivity contribution in [3.05, 3.63) is 58.1 Å². The van der Waals surface area contributed by atoms with Gasteiger partial charge >= 0.3 is 0 Å². The van der Waals surface area contributed by atoms with Gasteiger partial charge in [-0.2, -0.15) is 0 Å². The molecule has 0 unspecified atom stereocenters. The summed E-state index contributed by atoms with van der Waals surface area (Å²) in [6, 6.07) is 10.0. The van der Waals surface area contributed by atoms with Crippen molar-refractivity contribution in [1.29, 1.82) is 0 Å². The molecule has 0 aliphatic carbocycles. The summed E-state index contributed by atoms with van der Waals surface area (Å²) < 4.78 is 5.28. The Hall–Kier alpha value is -2.53. The third kappa shape index (κ3) is 5.73. The molecule has 0 aliphatic rings. The molecule has 0 aliphatic heterocycles. The average molecular weight is 389 g/mol. The highest BCUT2D eigenvalue weighted by Crippen LogP contribution is 2.31. The normalized spacial score (nSPS) is 10.4. The van der Waals surface area contributed by atoms with Crippen LogP contribution in [-0.4, -0.2) is 25.5 Å². The van der Waals surface area contributed by atoms with Crippen LogP contribution in [0.5, 0.6) is 5.75 Å². The van der Waals surface area contributed by atoms with Crippen molar-refractivity contribution in [2.75, 3.05) is 19.0 Å². The molecule has 2 rings (SSSR count). The first-order valence-electron chi connectivity index (χ1n) is 9.00. The van der Waals surface area contributed by atoms with Gasteiger partial charge < -0.3 is 15.4 Å². The standard InChI is InChI=1S/C21H25ClN2O3/c1-4-5-6-10-23-20(25)15-8-7-9-16(12-15)21(26)24-18-11-14(2)17(22)13-19(18)27-3/h7-9,11-13H,4-6,10H2,1-3H3,(H,23,25)(H,24,26). The zero-order valence-electron chi connectivity index (χ0n) is 15.9. The van der Waals surface area contributed by atoms with Gasteiger partial charge in [-0.15, -0.1) is 0 Å². The third-order valence-electron chi connectivity index (χ3n) is 4.18. The van der Waals surface area contributed by atoms with Crippen molar-refractivity contribution in [3.8, 4) is 5.75 Å². The van der Waals surface area contributed by atoms with Crippen LogP contribution in [0.4, 0.5) is 5.69 Å². The molecule has 2 N–H and O–H groups in total. The van der Waals surface area contributed by atoms with E-state index in [9.17, 15) is 9.59 Å². The number of benzene rings is 2. The Kier molecular flexibility index (Phi) is 7.67. The van der Waals surface area contributed by atoms with Crippen LogP contribution in [0.1, 0.15) is 52.5 Å². The lowest BCUT2D eigenvalue weighted by atomic mass is 10.1. The fourth-order valence-corrected chi connectivity index (χ4v) is 2.76. The number of hydrogen-bond donors (Lipinski definition) is 2. The van der Waals surface area contributed by atoms with Gasteiger partial charge in [-0.3, -0.25) is 9.59 Å². The molecule has 0 saturated heterocycles. The van der Waals surface area contributed by atoms with E-state index < -0.39 is 0 Å². The number of carbonyl (C=O) groups is 2. The molecule has 0 heterocycles. The summed E-state index contributed by atoms with van der Waals surface area (Å²) in [5, 5.41) is 6.26. The molecule has 0 saturated carbocycles. The van der Waals surface area contributed by atoms with E-state index in [1.807, 2.05) is 6.92 Å². The first-order chi connectivity index (χ1) is 13.0. The number of nitrogens with one attached hydrogen (secondary N) is 2. The maximum Gasteiger partial charge on any atom is 0.255 e. The van der Waals surface area contributed by atoms with Crippen LogP contribution in [0, 0.1) is 6.92 Å². The first kappa shape index (κ1) is 20.8. The maximum absolute atomic E-state index is 12.6. The van der Waals surface area contributed by atoms with E-state index in [-0.39, 0.29) is 11.8 Å². The number of hydrogen-bond acceptors (Lipinski definition) is 3. The van der Waals surface area contributed by atoms with Crippen LogP contribution in [0.2, 0.25) is 5.02 Å². The molecule has 0 aromatic heterocycles. The molecular weight excluding hydrogens is 364 g/mol. The maximum atomic E-state index is 12.6. The second kappa shape index (κ2) is 9.97. The second-order valence-corrected chi connectivity index (χ2v) is 6.71. The van der Waals surface area contributed by atoms with Crippen LogP contribution in [0.3, 0.4) is 0 Å². The third-order valence-corrected chi connectivity index (χ3v) is 4.59. The van der Waals surface area contributed by atoms with Crippen molar-refractivity contribution < 1.29 is 14.3 Å². The smallest absolute Gasteiger partial charge is 0.255 e. The van der Waals surface area contributed by atoms with Gasteiger partial charge in [-0.1, -0.05) is 37.4 Å². The van der Waals surface area contributed by atoms with Gasteiger partial charge in [-0.25, -0.2) is 0 Å². The van der Waals surface area contributed by atoms with Crippen LogP contribution >= 0.6 is 11.6 Å². The highest BCUT2D eigenvalue weighted by molar-refractivity contribution is 6.31. The number of methoxy groups -OCH3 is 1. The lowest BCUT2D eigenvalue weighted by molar-refractivity contribution is 0.0953. The highest BCUT2D eigenvalue weighted by Gasteiger charge is 2.14. The summed E-state index contributed by atoms with van der Waals surface area (Å²) in [4.78, 5) is 24.9. The summed E-state index contributed by atoms with van der Waals surface area (Å²) in [5.74, 6) is -0.0277. The Morgan fingerprint density at radius 2 is 1.78 bits per heavy atom. The summed E-state index contributed by atoms with van der Waals surface area (Å²) in [6.45, 7) is 4.59. The van der Waals surface area contributed by atoms with Crippen molar-refractivity contribution >= 4 is 29.1 Å². The lowest BCUT2D eigenvalue weighted by Gasteiger charge is -2.13. The minimum atomic E-state index is -0.323. The molecule has 0 radical (unpaired) electrons. The van der Waals surface area contributed by atoms with Crippen molar-refractivity contribution in [3.63, 3.8) is 0 Å². The molecule has 0 atom stereocenters. The van der Waals surface area contributed by atoms with E-state index in [1.54, 1.807) is 36.4 Å². The quantitative estimate of drug-likeness (QED) is 0.636. The monoisotopic (exact) mass is 388 g/mol. The Morgan fingerprint density at radius 1 is 1.07 bits per heavy atom. The van der Waals surface area contributed by atoms with Crippen molar-refractivity contribution in [2.24, 2.45) is 0 Å². The molecule has 5 nitrogen and oxygen atoms in total. The predicted molar refractivity (Wildman–Crippen MR) is 109 cm³/mol. The number of aryl methyl sites for hydroxylation is 1. The zero-order chi connectivity index (χ0) is 19.8. The van der Waals surface area contributed by atoms with E-state index in [0.29, 0.717) is 34.1 Å². The Balaban J connectivity index is 2.11. The largest absolute Gasteiger partial charge is 0.495 e. The van der Waals surface area contributed by atoms with E-state index >= 15 is 0 Å². The number of carbonyl (C=O) groups excluding carboxylic acids is 2. The first-order valence-corrected chi connectivity index (χ1v) is 9.37. The number of unbranched alkanes of at least 4 members (excludes halogenated alkanes) is 2. The molecular formula is C21H25ClN2O3. The van der Waals surface area contributed by atoms with Gasteiger partial charge in [-0.05, 0) is 43.2 Å². The fourth-order valence-electron chi connectivity index (χ4n) is 2.60. The Morgan fingerprint density at radius 3 is 2.44 bits per heavy atom. The fraction of sp³-hybridized carbons (Fsp3) is 0.333. The SMILES string of the molecule is CCCCCNC(=O)c1cccc(C(=O)Nc2cc(C)c(Cl)cc2OC)c1. The minimum absolute atomic E-state index is 0.180. The highest BCUT2D eigenvalue weighted by atomic mass is 35.5. The predicted octanol–water partition coefficient (Wildman–Crippen LogP) is 4.83. The van der Waals surface area contributed by atoms with Crippen LogP contribution < -0.4 is 15.4 Å². The molecule has 6 heteroatoms. The summed E-state index contributed by atoms with van der Waals surface area (Å²) in [5.41, 5.74) is 2.20. The topological polar surface area (TPSA) is 67.4 Å². The van der Waals surface area contributed by atoms with Gasteiger partial charge in [0.1, 0.15) is 5.75 Å². The number of amides is 2. The van der Waals surface area contributed by atoms with Crippen LogP contribution in [-0.2, 0) is 0 Å². The Bertz CT molecular complexity index is 821. The number of rotatable bonds is 8. The van der Waals surface area contributed by atoms with Gasteiger partial charge in [0.2, 0.25) is 0 Å². The van der Waals surface area contributed by atoms with E-state index in [1.165, 1.54) is 7.11 Å². The number of anilines is 1. The molecule has 2 amide bonds. The molecule has 2 aromatic carbocycles. The Labute approximate surface area is 165 Å². The minimum Gasteiger partial charge on any atom is -0.495 e. The lowest BCUT2D eigenvalue weighted by Crippen LogP contribution is -2.24.